The van der Waals surface area contributed by atoms with Crippen molar-refractivity contribution in [2.24, 2.45) is 21.4 Å². The number of benzene rings is 2. The Morgan fingerprint density at radius 2 is 1.74 bits per heavy atom. The molecule has 1 spiro atoms. The number of amides is 3. The highest BCUT2D eigenvalue weighted by molar-refractivity contribution is 6.30. The molecule has 0 bridgehead atoms. The number of nitrogens with one attached hydrogen (secondary N) is 2. The average Bonchev–Trinajstić information content (AvgIpc) is 3.15. The minimum atomic E-state index is -0.309. The number of urea groups is 1. The van der Waals surface area contributed by atoms with E-state index in [0.29, 0.717) is 29.6 Å². The average molecular weight is 537 g/mol. The van der Waals surface area contributed by atoms with Crippen LogP contribution >= 0.6 is 11.6 Å². The lowest BCUT2D eigenvalue weighted by Crippen LogP contribution is -2.50. The van der Waals surface area contributed by atoms with Crippen LogP contribution in [0.15, 0.2) is 58.6 Å². The molecule has 2 N–H and O–H groups in total. The normalized spacial score (nSPS) is 22.1. The number of guanidine groups is 1. The van der Waals surface area contributed by atoms with Crippen LogP contribution in [0.25, 0.3) is 0 Å². The van der Waals surface area contributed by atoms with Crippen LogP contribution in [0.2, 0.25) is 5.02 Å². The smallest absolute Gasteiger partial charge is 0.313 e. The van der Waals surface area contributed by atoms with Crippen molar-refractivity contribution >= 4 is 41.9 Å². The minimum Gasteiger partial charge on any atom is -0.313 e. The van der Waals surface area contributed by atoms with Crippen molar-refractivity contribution < 1.29 is 9.59 Å². The van der Waals surface area contributed by atoms with Gasteiger partial charge in [-0.25, -0.2) is 10.2 Å². The summed E-state index contributed by atoms with van der Waals surface area (Å²) in [7, 11) is 1.54. The highest BCUT2D eigenvalue weighted by atomic mass is 35.5. The Morgan fingerprint density at radius 3 is 2.29 bits per heavy atom. The van der Waals surface area contributed by atoms with Crippen LogP contribution in [0.1, 0.15) is 62.4 Å². The number of hydrazone groups is 1. The molecule has 2 aromatic rings. The molecule has 4 rings (SSSR count). The van der Waals surface area contributed by atoms with Gasteiger partial charge in [-0.15, -0.1) is 0 Å². The molecule has 2 aromatic carbocycles. The lowest BCUT2D eigenvalue weighted by atomic mass is 9.67. The Morgan fingerprint density at radius 1 is 1.11 bits per heavy atom. The summed E-state index contributed by atoms with van der Waals surface area (Å²) in [5.74, 6) is 0.540. The summed E-state index contributed by atoms with van der Waals surface area (Å²) in [5, 5.41) is 6.84. The van der Waals surface area contributed by atoms with E-state index in [4.69, 9.17) is 11.6 Å². The predicted octanol–water partition coefficient (Wildman–Crippen LogP) is 5.68. The first-order chi connectivity index (χ1) is 18.1. The first-order valence-corrected chi connectivity index (χ1v) is 13.4. The zero-order valence-electron chi connectivity index (χ0n) is 22.6. The quantitative estimate of drug-likeness (QED) is 0.293. The highest BCUT2D eigenvalue weighted by Crippen LogP contribution is 2.47. The number of carbonyl (C=O) groups excluding carboxylic acids is 2. The first-order valence-electron chi connectivity index (χ1n) is 13.0. The molecular formula is C29H37ClN6O2. The maximum atomic E-state index is 13.9. The fourth-order valence-electron chi connectivity index (χ4n) is 5.64. The monoisotopic (exact) mass is 536 g/mol. The van der Waals surface area contributed by atoms with Crippen LogP contribution in [0.4, 0.5) is 10.5 Å². The zero-order chi connectivity index (χ0) is 27.5. The van der Waals surface area contributed by atoms with Gasteiger partial charge in [-0.05, 0) is 79.0 Å². The van der Waals surface area contributed by atoms with Gasteiger partial charge in [0.25, 0.3) is 5.91 Å². The van der Waals surface area contributed by atoms with E-state index >= 15 is 0 Å². The second-order valence-corrected chi connectivity index (χ2v) is 11.7. The number of aliphatic imine (C=N–C) groups is 1. The molecule has 0 atom stereocenters. The van der Waals surface area contributed by atoms with E-state index in [1.807, 2.05) is 41.3 Å². The van der Waals surface area contributed by atoms with Gasteiger partial charge in [0, 0.05) is 36.6 Å². The third-order valence-corrected chi connectivity index (χ3v) is 8.22. The van der Waals surface area contributed by atoms with Gasteiger partial charge in [0.1, 0.15) is 0 Å². The standard InChI is InChI=1S/C29H37ClN6O2/c1-28(2,3)22-14-16-29(17-15-22)19-35(24-12-10-23(30)11-13-24)27(38)36(29)18-20-6-8-21(9-7-20)25(37)33-26(31-4)34-32-5/h6-13,22H,5,14-19H2,1-4H3,(H2,31,33,34,37). The van der Waals surface area contributed by atoms with E-state index in [2.05, 4.69) is 53.2 Å². The summed E-state index contributed by atoms with van der Waals surface area (Å²) >= 11 is 6.12. The third kappa shape index (κ3) is 5.85. The van der Waals surface area contributed by atoms with Gasteiger partial charge >= 0.3 is 6.03 Å². The Kier molecular flexibility index (Phi) is 8.11. The fraction of sp³-hybridized carbons (Fsp3) is 0.448. The highest BCUT2D eigenvalue weighted by Gasteiger charge is 2.52. The van der Waals surface area contributed by atoms with Crippen molar-refractivity contribution in [1.82, 2.24) is 15.6 Å². The molecule has 1 saturated heterocycles. The van der Waals surface area contributed by atoms with Crippen LogP contribution < -0.4 is 15.6 Å². The lowest BCUT2D eigenvalue weighted by molar-refractivity contribution is 0.0631. The molecule has 0 aromatic heterocycles. The summed E-state index contributed by atoms with van der Waals surface area (Å²) in [6.07, 6.45) is 4.12. The van der Waals surface area contributed by atoms with Gasteiger partial charge in [-0.1, -0.05) is 44.5 Å². The van der Waals surface area contributed by atoms with Gasteiger partial charge in [-0.3, -0.25) is 20.0 Å². The first kappa shape index (κ1) is 27.6. The number of hydrogen-bond donors (Lipinski definition) is 2. The third-order valence-electron chi connectivity index (χ3n) is 7.96. The van der Waals surface area contributed by atoms with Gasteiger partial charge in [-0.2, -0.15) is 5.10 Å². The van der Waals surface area contributed by atoms with Crippen LogP contribution in [0.3, 0.4) is 0 Å². The van der Waals surface area contributed by atoms with Crippen LogP contribution in [-0.4, -0.2) is 48.6 Å². The van der Waals surface area contributed by atoms with Crippen molar-refractivity contribution in [2.45, 2.75) is 58.5 Å². The van der Waals surface area contributed by atoms with Crippen molar-refractivity contribution in [3.63, 3.8) is 0 Å². The number of halogens is 1. The predicted molar refractivity (Wildman–Crippen MR) is 154 cm³/mol. The molecule has 2 fully saturated rings. The van der Waals surface area contributed by atoms with E-state index < -0.39 is 0 Å². The van der Waals surface area contributed by atoms with E-state index in [-0.39, 0.29) is 28.9 Å². The second-order valence-electron chi connectivity index (χ2n) is 11.3. The summed E-state index contributed by atoms with van der Waals surface area (Å²) < 4.78 is 0. The van der Waals surface area contributed by atoms with Crippen molar-refractivity contribution in [3.05, 3.63) is 64.7 Å². The minimum absolute atomic E-state index is 0.00940. The van der Waals surface area contributed by atoms with Gasteiger partial charge < -0.3 is 4.90 Å². The van der Waals surface area contributed by atoms with Crippen molar-refractivity contribution in [2.75, 3.05) is 18.5 Å². The van der Waals surface area contributed by atoms with Gasteiger partial charge in [0.15, 0.2) is 0 Å². The van der Waals surface area contributed by atoms with Crippen LogP contribution in [-0.2, 0) is 6.54 Å². The number of nitrogens with zero attached hydrogens (tertiary/aromatic N) is 4. The maximum Gasteiger partial charge on any atom is 0.325 e. The van der Waals surface area contributed by atoms with E-state index in [1.54, 1.807) is 19.2 Å². The number of anilines is 1. The molecule has 0 unspecified atom stereocenters. The Balaban J connectivity index is 1.55. The largest absolute Gasteiger partial charge is 0.325 e. The molecule has 0 radical (unpaired) electrons. The molecule has 1 aliphatic heterocycles. The molecule has 1 heterocycles. The second kappa shape index (κ2) is 11.2. The zero-order valence-corrected chi connectivity index (χ0v) is 23.4. The van der Waals surface area contributed by atoms with E-state index in [0.717, 1.165) is 36.9 Å². The molecule has 9 heteroatoms. The SMILES string of the molecule is C=NNC(=NC)NC(=O)c1ccc(CN2C(=O)N(c3ccc(Cl)cc3)CC23CCC(C(C)(C)C)CC3)cc1. The Hall–Kier alpha value is -3.39. The Labute approximate surface area is 230 Å². The summed E-state index contributed by atoms with van der Waals surface area (Å²) in [6.45, 7) is 11.4. The van der Waals surface area contributed by atoms with Crippen LogP contribution in [0, 0.1) is 11.3 Å². The number of carbonyl (C=O) groups is 2. The van der Waals surface area contributed by atoms with Crippen molar-refractivity contribution in [1.29, 1.82) is 0 Å². The number of rotatable bonds is 5. The molecule has 3 amide bonds. The molecule has 1 saturated carbocycles. The van der Waals surface area contributed by atoms with E-state index in [9.17, 15) is 9.59 Å². The van der Waals surface area contributed by atoms with Gasteiger partial charge in [0.05, 0.1) is 12.1 Å². The number of hydrogen-bond acceptors (Lipinski definition) is 4. The summed E-state index contributed by atoms with van der Waals surface area (Å²) in [4.78, 5) is 34.3. The van der Waals surface area contributed by atoms with Gasteiger partial charge in [0.2, 0.25) is 5.96 Å². The molecule has 202 valence electrons. The molecule has 8 nitrogen and oxygen atoms in total. The lowest BCUT2D eigenvalue weighted by Gasteiger charge is -2.45. The van der Waals surface area contributed by atoms with Crippen LogP contribution in [0.5, 0.6) is 0 Å². The summed E-state index contributed by atoms with van der Waals surface area (Å²) in [6, 6.07) is 14.8. The maximum absolute atomic E-state index is 13.9. The molecule has 38 heavy (non-hydrogen) atoms. The van der Waals surface area contributed by atoms with E-state index in [1.165, 1.54) is 0 Å². The fourth-order valence-corrected chi connectivity index (χ4v) is 5.76. The molecular weight excluding hydrogens is 500 g/mol. The Bertz CT molecular complexity index is 1200. The van der Waals surface area contributed by atoms with Crippen molar-refractivity contribution in [3.8, 4) is 0 Å². The summed E-state index contributed by atoms with van der Waals surface area (Å²) in [5.41, 5.74) is 4.88. The topological polar surface area (TPSA) is 89.4 Å². The molecule has 2 aliphatic rings. The molecule has 1 aliphatic carbocycles.